The zero-order valence-corrected chi connectivity index (χ0v) is 11.3. The number of piperazine rings is 1. The van der Waals surface area contributed by atoms with Gasteiger partial charge in [0, 0.05) is 30.9 Å². The normalized spacial score (nSPS) is 23.6. The van der Waals surface area contributed by atoms with Crippen molar-refractivity contribution in [2.24, 2.45) is 0 Å². The zero-order chi connectivity index (χ0) is 12.9. The van der Waals surface area contributed by atoms with Crippen LogP contribution in [-0.2, 0) is 0 Å². The Morgan fingerprint density at radius 2 is 2.18 bits per heavy atom. The second-order valence-electron chi connectivity index (χ2n) is 5.01. The fraction of sp³-hybridized carbons (Fsp3) is 0.615. The molecule has 3 N–H and O–H groups in total. The van der Waals surface area contributed by atoms with Gasteiger partial charge in [-0.3, -0.25) is 4.90 Å². The van der Waals surface area contributed by atoms with E-state index in [1.165, 1.54) is 0 Å². The van der Waals surface area contributed by atoms with E-state index in [-0.39, 0.29) is 0 Å². The van der Waals surface area contributed by atoms with Crippen molar-refractivity contribution < 1.29 is 0 Å². The standard InChI is InChI=1S/C8H18N2.C5H6N2/c1-7-8(2,3)10(4)6-5-9-7;6-5-3-1-2-4-7-5/h7,9H,5-6H2,1-4H3;1-4H,(H2,6,7). The Balaban J connectivity index is 0.000000181. The fourth-order valence-electron chi connectivity index (χ4n) is 1.69. The van der Waals surface area contributed by atoms with Gasteiger partial charge in [0.2, 0.25) is 0 Å². The Labute approximate surface area is 104 Å². The molecule has 1 aromatic rings. The first kappa shape index (κ1) is 13.9. The molecule has 1 unspecified atom stereocenters. The van der Waals surface area contributed by atoms with E-state index in [1.54, 1.807) is 12.3 Å². The molecule has 4 nitrogen and oxygen atoms in total. The average Bonchev–Trinajstić information content (AvgIpc) is 2.28. The Kier molecular flexibility index (Phi) is 4.90. The summed E-state index contributed by atoms with van der Waals surface area (Å²) in [5.41, 5.74) is 5.56. The summed E-state index contributed by atoms with van der Waals surface area (Å²) in [5.74, 6) is 0.572. The minimum absolute atomic E-state index is 0.318. The maximum absolute atomic E-state index is 5.25. The number of pyridine rings is 1. The van der Waals surface area contributed by atoms with Crippen LogP contribution in [0.15, 0.2) is 24.4 Å². The molecule has 0 amide bonds. The van der Waals surface area contributed by atoms with Crippen LogP contribution in [0.25, 0.3) is 0 Å². The Bertz CT molecular complexity index is 311. The van der Waals surface area contributed by atoms with E-state index in [0.717, 1.165) is 13.1 Å². The van der Waals surface area contributed by atoms with E-state index in [2.05, 4.69) is 43.0 Å². The number of rotatable bonds is 0. The maximum Gasteiger partial charge on any atom is 0.123 e. The minimum atomic E-state index is 0.318. The quantitative estimate of drug-likeness (QED) is 0.714. The molecule has 96 valence electrons. The lowest BCUT2D eigenvalue weighted by Crippen LogP contribution is -2.61. The summed E-state index contributed by atoms with van der Waals surface area (Å²) < 4.78 is 0. The van der Waals surface area contributed by atoms with Gasteiger partial charge in [0.25, 0.3) is 0 Å². The third-order valence-corrected chi connectivity index (χ3v) is 3.63. The van der Waals surface area contributed by atoms with Crippen LogP contribution in [0.4, 0.5) is 5.82 Å². The molecular weight excluding hydrogens is 212 g/mol. The van der Waals surface area contributed by atoms with Crippen molar-refractivity contribution in [1.82, 2.24) is 15.2 Å². The predicted octanol–water partition coefficient (Wildman–Crippen LogP) is 1.35. The molecule has 1 fully saturated rings. The molecule has 4 heteroatoms. The van der Waals surface area contributed by atoms with Gasteiger partial charge in [-0.1, -0.05) is 6.07 Å². The predicted molar refractivity (Wildman–Crippen MR) is 72.8 cm³/mol. The van der Waals surface area contributed by atoms with Gasteiger partial charge in [0.05, 0.1) is 0 Å². The van der Waals surface area contributed by atoms with E-state index < -0.39 is 0 Å². The Morgan fingerprint density at radius 3 is 2.53 bits per heavy atom. The summed E-state index contributed by atoms with van der Waals surface area (Å²) >= 11 is 0. The summed E-state index contributed by atoms with van der Waals surface area (Å²) in [6.07, 6.45) is 1.66. The highest BCUT2D eigenvalue weighted by molar-refractivity contribution is 5.25. The second-order valence-corrected chi connectivity index (χ2v) is 5.01. The molecule has 1 atom stereocenters. The average molecular weight is 236 g/mol. The number of nitrogens with one attached hydrogen (secondary N) is 1. The highest BCUT2D eigenvalue weighted by atomic mass is 15.2. The maximum atomic E-state index is 5.25. The molecule has 2 heterocycles. The van der Waals surface area contributed by atoms with Crippen molar-refractivity contribution in [2.75, 3.05) is 25.9 Å². The summed E-state index contributed by atoms with van der Waals surface area (Å²) in [5, 5.41) is 3.46. The molecule has 1 aliphatic heterocycles. The van der Waals surface area contributed by atoms with Gasteiger partial charge in [-0.15, -0.1) is 0 Å². The van der Waals surface area contributed by atoms with Crippen molar-refractivity contribution >= 4 is 5.82 Å². The van der Waals surface area contributed by atoms with Gasteiger partial charge in [0.1, 0.15) is 5.82 Å². The molecular formula is C13H24N4. The Hall–Kier alpha value is -1.13. The summed E-state index contributed by atoms with van der Waals surface area (Å²) in [6.45, 7) is 9.10. The minimum Gasteiger partial charge on any atom is -0.384 e. The summed E-state index contributed by atoms with van der Waals surface area (Å²) in [4.78, 5) is 6.17. The molecule has 0 saturated carbocycles. The smallest absolute Gasteiger partial charge is 0.123 e. The fourth-order valence-corrected chi connectivity index (χ4v) is 1.69. The van der Waals surface area contributed by atoms with Gasteiger partial charge in [-0.2, -0.15) is 0 Å². The highest BCUT2D eigenvalue weighted by Crippen LogP contribution is 2.19. The largest absolute Gasteiger partial charge is 0.384 e. The van der Waals surface area contributed by atoms with Gasteiger partial charge in [-0.05, 0) is 40.0 Å². The molecule has 0 bridgehead atoms. The number of hydrogen-bond acceptors (Lipinski definition) is 4. The van der Waals surface area contributed by atoms with E-state index in [4.69, 9.17) is 5.73 Å². The number of nitrogens with two attached hydrogens (primary N) is 1. The molecule has 0 radical (unpaired) electrons. The van der Waals surface area contributed by atoms with E-state index in [9.17, 15) is 0 Å². The van der Waals surface area contributed by atoms with Crippen LogP contribution in [0.1, 0.15) is 20.8 Å². The van der Waals surface area contributed by atoms with Crippen LogP contribution < -0.4 is 11.1 Å². The first-order valence-electron chi connectivity index (χ1n) is 6.05. The summed E-state index contributed by atoms with van der Waals surface area (Å²) in [6, 6.07) is 6.03. The highest BCUT2D eigenvalue weighted by Gasteiger charge is 2.32. The second kappa shape index (κ2) is 5.98. The van der Waals surface area contributed by atoms with Gasteiger partial charge in [0.15, 0.2) is 0 Å². The first-order valence-corrected chi connectivity index (χ1v) is 6.05. The SMILES string of the molecule is CC1NCCN(C)C1(C)C.Nc1ccccn1. The van der Waals surface area contributed by atoms with Gasteiger partial charge < -0.3 is 11.1 Å². The van der Waals surface area contributed by atoms with Crippen molar-refractivity contribution in [3.05, 3.63) is 24.4 Å². The monoisotopic (exact) mass is 236 g/mol. The lowest BCUT2D eigenvalue weighted by atomic mass is 9.92. The molecule has 0 aliphatic carbocycles. The topological polar surface area (TPSA) is 54.2 Å². The van der Waals surface area contributed by atoms with Crippen LogP contribution in [0.3, 0.4) is 0 Å². The third kappa shape index (κ3) is 3.98. The van der Waals surface area contributed by atoms with Crippen LogP contribution >= 0.6 is 0 Å². The molecule has 1 aromatic heterocycles. The Morgan fingerprint density at radius 1 is 1.47 bits per heavy atom. The first-order chi connectivity index (χ1) is 7.94. The molecule has 1 saturated heterocycles. The lowest BCUT2D eigenvalue weighted by molar-refractivity contribution is 0.0821. The number of hydrogen-bond donors (Lipinski definition) is 2. The van der Waals surface area contributed by atoms with Crippen LogP contribution in [0, 0.1) is 0 Å². The molecule has 1 aliphatic rings. The molecule has 0 spiro atoms. The van der Waals surface area contributed by atoms with Gasteiger partial charge in [-0.25, -0.2) is 4.98 Å². The number of likely N-dealkylation sites (N-methyl/N-ethyl adjacent to an activating group) is 1. The number of nitrogen functional groups attached to an aromatic ring is 1. The van der Waals surface area contributed by atoms with Crippen molar-refractivity contribution in [3.8, 4) is 0 Å². The zero-order valence-electron chi connectivity index (χ0n) is 11.3. The van der Waals surface area contributed by atoms with Crippen molar-refractivity contribution in [2.45, 2.75) is 32.4 Å². The van der Waals surface area contributed by atoms with Crippen LogP contribution in [0.5, 0.6) is 0 Å². The van der Waals surface area contributed by atoms with E-state index in [0.29, 0.717) is 17.4 Å². The molecule has 17 heavy (non-hydrogen) atoms. The summed E-state index contributed by atoms with van der Waals surface area (Å²) in [7, 11) is 2.19. The van der Waals surface area contributed by atoms with Crippen LogP contribution in [0.2, 0.25) is 0 Å². The third-order valence-electron chi connectivity index (χ3n) is 3.63. The van der Waals surface area contributed by atoms with E-state index >= 15 is 0 Å². The number of nitrogens with zero attached hydrogens (tertiary/aromatic N) is 2. The van der Waals surface area contributed by atoms with Crippen molar-refractivity contribution in [1.29, 1.82) is 0 Å². The van der Waals surface area contributed by atoms with Crippen molar-refractivity contribution in [3.63, 3.8) is 0 Å². The number of aromatic nitrogens is 1. The molecule has 0 aromatic carbocycles. The molecule has 2 rings (SSSR count). The van der Waals surface area contributed by atoms with Gasteiger partial charge >= 0.3 is 0 Å². The number of anilines is 1. The van der Waals surface area contributed by atoms with Crippen LogP contribution in [-0.4, -0.2) is 41.6 Å². The lowest BCUT2D eigenvalue weighted by Gasteiger charge is -2.45. The van der Waals surface area contributed by atoms with E-state index in [1.807, 2.05) is 12.1 Å².